The topological polar surface area (TPSA) is 67.7 Å². The van der Waals surface area contributed by atoms with Gasteiger partial charge in [0.1, 0.15) is 11.3 Å². The molecular formula is C21H26N4O3. The second kappa shape index (κ2) is 7.30. The largest absolute Gasteiger partial charge is 0.441 e. The van der Waals surface area contributed by atoms with Crippen molar-refractivity contribution in [2.75, 3.05) is 26.2 Å². The van der Waals surface area contributed by atoms with Crippen LogP contribution < -0.4 is 0 Å². The van der Waals surface area contributed by atoms with Crippen LogP contribution in [0.4, 0.5) is 4.79 Å². The van der Waals surface area contributed by atoms with Crippen LogP contribution in [0.15, 0.2) is 42.6 Å². The average Bonchev–Trinajstić information content (AvgIpc) is 3.26. The molecule has 0 N–H and O–H groups in total. The molecule has 2 aromatic rings. The fraction of sp³-hybridized carbons (Fsp3) is 0.476. The Morgan fingerprint density at radius 2 is 1.93 bits per heavy atom. The van der Waals surface area contributed by atoms with E-state index in [0.717, 1.165) is 0 Å². The summed E-state index contributed by atoms with van der Waals surface area (Å²) < 4.78 is 7.41. The SMILES string of the molecule is CC(CN1CC2(CCN(C(=O)c3ccnn3C)CC2)OC1=O)c1ccccc1. The molecule has 0 bridgehead atoms. The van der Waals surface area contributed by atoms with Crippen LogP contribution in [0.25, 0.3) is 0 Å². The maximum Gasteiger partial charge on any atom is 0.410 e. The summed E-state index contributed by atoms with van der Waals surface area (Å²) in [4.78, 5) is 28.8. The maximum atomic E-state index is 12.7. The van der Waals surface area contributed by atoms with E-state index in [1.807, 2.05) is 28.0 Å². The number of nitrogens with zero attached hydrogens (tertiary/aromatic N) is 4. The average molecular weight is 382 g/mol. The molecule has 1 spiro atoms. The highest BCUT2D eigenvalue weighted by Crippen LogP contribution is 2.34. The first-order valence-corrected chi connectivity index (χ1v) is 9.78. The minimum absolute atomic E-state index is 0.0197. The number of rotatable bonds is 4. The van der Waals surface area contributed by atoms with Gasteiger partial charge in [-0.1, -0.05) is 37.3 Å². The van der Waals surface area contributed by atoms with Crippen molar-refractivity contribution in [1.29, 1.82) is 0 Å². The zero-order valence-corrected chi connectivity index (χ0v) is 16.4. The summed E-state index contributed by atoms with van der Waals surface area (Å²) in [6.07, 6.45) is 2.72. The molecule has 7 heteroatoms. The second-order valence-electron chi connectivity index (χ2n) is 7.88. The Morgan fingerprint density at radius 1 is 1.21 bits per heavy atom. The lowest BCUT2D eigenvalue weighted by Gasteiger charge is -2.37. The summed E-state index contributed by atoms with van der Waals surface area (Å²) >= 11 is 0. The van der Waals surface area contributed by atoms with Gasteiger partial charge in [-0.25, -0.2) is 4.79 Å². The van der Waals surface area contributed by atoms with Gasteiger partial charge in [0, 0.05) is 45.7 Å². The van der Waals surface area contributed by atoms with Crippen molar-refractivity contribution in [2.24, 2.45) is 7.05 Å². The number of hydrogen-bond acceptors (Lipinski definition) is 4. The van der Waals surface area contributed by atoms with E-state index in [0.29, 0.717) is 44.7 Å². The number of carbonyl (C=O) groups excluding carboxylic acids is 2. The van der Waals surface area contributed by atoms with Crippen molar-refractivity contribution in [3.63, 3.8) is 0 Å². The monoisotopic (exact) mass is 382 g/mol. The number of aromatic nitrogens is 2. The Balaban J connectivity index is 1.36. The van der Waals surface area contributed by atoms with Crippen molar-refractivity contribution in [2.45, 2.75) is 31.3 Å². The number of aryl methyl sites for hydroxylation is 1. The van der Waals surface area contributed by atoms with Crippen LogP contribution in [0.2, 0.25) is 0 Å². The minimum atomic E-state index is -0.475. The Labute approximate surface area is 164 Å². The van der Waals surface area contributed by atoms with Gasteiger partial charge in [-0.05, 0) is 17.5 Å². The summed E-state index contributed by atoms with van der Waals surface area (Å²) in [7, 11) is 1.77. The lowest BCUT2D eigenvalue weighted by Crippen LogP contribution is -2.49. The third-order valence-electron chi connectivity index (χ3n) is 5.91. The van der Waals surface area contributed by atoms with Gasteiger partial charge >= 0.3 is 6.09 Å². The summed E-state index contributed by atoms with van der Waals surface area (Å²) in [6, 6.07) is 11.9. The molecule has 1 unspecified atom stereocenters. The molecule has 1 aromatic heterocycles. The van der Waals surface area contributed by atoms with Crippen molar-refractivity contribution in [3.05, 3.63) is 53.9 Å². The van der Waals surface area contributed by atoms with Crippen LogP contribution in [-0.4, -0.2) is 63.4 Å². The molecule has 0 saturated carbocycles. The molecule has 1 atom stereocenters. The Morgan fingerprint density at radius 3 is 2.57 bits per heavy atom. The van der Waals surface area contributed by atoms with E-state index in [1.54, 1.807) is 24.0 Å². The van der Waals surface area contributed by atoms with Crippen molar-refractivity contribution in [3.8, 4) is 0 Å². The number of ether oxygens (including phenoxy) is 1. The van der Waals surface area contributed by atoms with Crippen molar-refractivity contribution < 1.29 is 14.3 Å². The highest BCUT2D eigenvalue weighted by molar-refractivity contribution is 5.92. The number of piperidine rings is 1. The van der Waals surface area contributed by atoms with Crippen LogP contribution in [0.1, 0.15) is 41.7 Å². The number of hydrogen-bond donors (Lipinski definition) is 0. The van der Waals surface area contributed by atoms with E-state index in [2.05, 4.69) is 24.2 Å². The maximum absolute atomic E-state index is 12.7. The van der Waals surface area contributed by atoms with E-state index in [9.17, 15) is 9.59 Å². The molecule has 28 heavy (non-hydrogen) atoms. The molecule has 0 aliphatic carbocycles. The molecule has 2 fully saturated rings. The molecule has 2 amide bonds. The smallest absolute Gasteiger partial charge is 0.410 e. The van der Waals surface area contributed by atoms with Crippen molar-refractivity contribution >= 4 is 12.0 Å². The molecule has 4 rings (SSSR count). The normalized spacial score (nSPS) is 19.7. The quantitative estimate of drug-likeness (QED) is 0.815. The van der Waals surface area contributed by atoms with Gasteiger partial charge in [0.15, 0.2) is 0 Å². The van der Waals surface area contributed by atoms with Crippen LogP contribution in [0, 0.1) is 0 Å². The fourth-order valence-corrected chi connectivity index (χ4v) is 4.17. The molecule has 2 saturated heterocycles. The van der Waals surface area contributed by atoms with Gasteiger partial charge in [0.05, 0.1) is 6.54 Å². The fourth-order valence-electron chi connectivity index (χ4n) is 4.17. The van der Waals surface area contributed by atoms with E-state index >= 15 is 0 Å². The van der Waals surface area contributed by atoms with Gasteiger partial charge in [0.25, 0.3) is 5.91 Å². The predicted molar refractivity (Wildman–Crippen MR) is 104 cm³/mol. The minimum Gasteiger partial charge on any atom is -0.441 e. The summed E-state index contributed by atoms with van der Waals surface area (Å²) in [5.74, 6) is 0.226. The van der Waals surface area contributed by atoms with Crippen molar-refractivity contribution in [1.82, 2.24) is 19.6 Å². The predicted octanol–water partition coefficient (Wildman–Crippen LogP) is 2.65. The first kappa shape index (κ1) is 18.5. The van der Waals surface area contributed by atoms with Gasteiger partial charge in [-0.2, -0.15) is 5.10 Å². The number of likely N-dealkylation sites (tertiary alicyclic amines) is 1. The van der Waals surface area contributed by atoms with Gasteiger partial charge in [0.2, 0.25) is 0 Å². The summed E-state index contributed by atoms with van der Waals surface area (Å²) in [6.45, 7) is 4.53. The van der Waals surface area contributed by atoms with Gasteiger partial charge in [-0.3, -0.25) is 9.48 Å². The third kappa shape index (κ3) is 3.48. The van der Waals surface area contributed by atoms with Crippen LogP contribution in [-0.2, 0) is 11.8 Å². The molecular weight excluding hydrogens is 356 g/mol. The molecule has 148 valence electrons. The zero-order chi connectivity index (χ0) is 19.7. The zero-order valence-electron chi connectivity index (χ0n) is 16.4. The molecule has 7 nitrogen and oxygen atoms in total. The van der Waals surface area contributed by atoms with Crippen LogP contribution in [0.3, 0.4) is 0 Å². The van der Waals surface area contributed by atoms with E-state index in [1.165, 1.54) is 5.56 Å². The lowest BCUT2D eigenvalue weighted by molar-refractivity contribution is 0.00284. The first-order valence-electron chi connectivity index (χ1n) is 9.78. The number of benzene rings is 1. The summed E-state index contributed by atoms with van der Waals surface area (Å²) in [5, 5.41) is 4.07. The molecule has 3 heterocycles. The standard InChI is InChI=1S/C21H26N4O3/c1-16(17-6-4-3-5-7-17)14-25-15-21(28-20(25)27)9-12-24(13-10-21)19(26)18-8-11-22-23(18)2/h3-8,11,16H,9-10,12-15H2,1-2H3. The van der Waals surface area contributed by atoms with E-state index in [4.69, 9.17) is 4.74 Å². The first-order chi connectivity index (χ1) is 13.5. The van der Waals surface area contributed by atoms with E-state index in [-0.39, 0.29) is 17.9 Å². The number of amides is 2. The lowest BCUT2D eigenvalue weighted by atomic mass is 9.90. The Kier molecular flexibility index (Phi) is 4.83. The van der Waals surface area contributed by atoms with E-state index < -0.39 is 5.60 Å². The molecule has 1 aromatic carbocycles. The highest BCUT2D eigenvalue weighted by Gasteiger charge is 2.47. The summed E-state index contributed by atoms with van der Waals surface area (Å²) in [5.41, 5.74) is 1.32. The van der Waals surface area contributed by atoms with Crippen LogP contribution >= 0.6 is 0 Å². The Hall–Kier alpha value is -2.83. The molecule has 2 aliphatic rings. The Bertz CT molecular complexity index is 856. The molecule has 2 aliphatic heterocycles. The third-order valence-corrected chi connectivity index (χ3v) is 5.91. The van der Waals surface area contributed by atoms with Gasteiger partial charge in [-0.15, -0.1) is 0 Å². The highest BCUT2D eigenvalue weighted by atomic mass is 16.6. The number of carbonyl (C=O) groups is 2. The second-order valence-corrected chi connectivity index (χ2v) is 7.88. The van der Waals surface area contributed by atoms with Crippen LogP contribution in [0.5, 0.6) is 0 Å². The van der Waals surface area contributed by atoms with Gasteiger partial charge < -0.3 is 14.5 Å². The molecule has 0 radical (unpaired) electrons.